The second-order valence-corrected chi connectivity index (χ2v) is 6.06. The van der Waals surface area contributed by atoms with Crippen molar-refractivity contribution in [1.82, 2.24) is 4.90 Å². The molecule has 21 heavy (non-hydrogen) atoms. The van der Waals surface area contributed by atoms with Gasteiger partial charge in [0.2, 0.25) is 0 Å². The smallest absolute Gasteiger partial charge is 0.311 e. The third kappa shape index (κ3) is 2.38. The molecule has 4 atom stereocenters. The Hall–Kier alpha value is -1.68. The summed E-state index contributed by atoms with van der Waals surface area (Å²) in [6.07, 6.45) is 1.97. The number of ether oxygens (including phenoxy) is 1. The second kappa shape index (κ2) is 5.60. The Bertz CT molecular complexity index is 542. The van der Waals surface area contributed by atoms with Crippen molar-refractivity contribution in [3.8, 4) is 0 Å². The van der Waals surface area contributed by atoms with Crippen molar-refractivity contribution in [1.29, 1.82) is 0 Å². The van der Waals surface area contributed by atoms with Crippen LogP contribution in [0.1, 0.15) is 25.3 Å². The molecule has 0 aliphatic carbocycles. The van der Waals surface area contributed by atoms with Crippen molar-refractivity contribution in [2.45, 2.75) is 38.4 Å². The molecule has 0 unspecified atom stereocenters. The van der Waals surface area contributed by atoms with Gasteiger partial charge in [0.05, 0.1) is 13.0 Å². The van der Waals surface area contributed by atoms with Crippen molar-refractivity contribution in [3.63, 3.8) is 0 Å². The largest absolute Gasteiger partial charge is 0.469 e. The predicted octanol–water partition coefficient (Wildman–Crippen LogP) is 2.03. The zero-order valence-electron chi connectivity index (χ0n) is 12.5. The van der Waals surface area contributed by atoms with Gasteiger partial charge in [0.15, 0.2) is 0 Å². The molecule has 0 aromatic heterocycles. The maximum absolute atomic E-state index is 12.1. The number of hydrogen-bond acceptors (Lipinski definition) is 4. The minimum absolute atomic E-state index is 0.107. The first kappa shape index (κ1) is 14.3. The molecule has 2 aliphatic heterocycles. The Morgan fingerprint density at radius 2 is 1.76 bits per heavy atom. The summed E-state index contributed by atoms with van der Waals surface area (Å²) in [4.78, 5) is 26.5. The maximum Gasteiger partial charge on any atom is 0.311 e. The third-order valence-corrected chi connectivity index (χ3v) is 4.98. The van der Waals surface area contributed by atoms with Crippen molar-refractivity contribution in [3.05, 3.63) is 35.9 Å². The van der Waals surface area contributed by atoms with Crippen LogP contribution < -0.4 is 0 Å². The molecule has 1 aromatic carbocycles. The summed E-state index contributed by atoms with van der Waals surface area (Å²) in [6, 6.07) is 10.5. The van der Waals surface area contributed by atoms with Gasteiger partial charge in [-0.25, -0.2) is 0 Å². The van der Waals surface area contributed by atoms with Crippen molar-refractivity contribution in [2.24, 2.45) is 11.8 Å². The number of methoxy groups -OCH3 is 1. The summed E-state index contributed by atoms with van der Waals surface area (Å²) in [6.45, 7) is 2.40. The number of ketones is 1. The van der Waals surface area contributed by atoms with E-state index in [1.54, 1.807) is 6.92 Å². The minimum atomic E-state index is -0.296. The molecule has 0 saturated carbocycles. The third-order valence-electron chi connectivity index (χ3n) is 4.98. The van der Waals surface area contributed by atoms with Crippen LogP contribution in [0.25, 0.3) is 0 Å². The predicted molar refractivity (Wildman–Crippen MR) is 78.5 cm³/mol. The van der Waals surface area contributed by atoms with Gasteiger partial charge in [0.1, 0.15) is 5.78 Å². The standard InChI is InChI=1S/C17H21NO3/c1-11(19)15-13-8-9-14(16(15)17(20)21-2)18(13)10-12-6-4-3-5-7-12/h3-7,13-16H,8-10H2,1-2H3/t13-,14+,15+,16+/m0/s1. The van der Waals surface area contributed by atoms with Crippen LogP contribution >= 0.6 is 0 Å². The molecule has 2 bridgehead atoms. The normalized spacial score (nSPS) is 31.3. The lowest BCUT2D eigenvalue weighted by molar-refractivity contribution is -0.150. The number of carbonyl (C=O) groups excluding carboxylic acids is 2. The van der Waals surface area contributed by atoms with Crippen LogP contribution in [0.5, 0.6) is 0 Å². The number of esters is 1. The van der Waals surface area contributed by atoms with Crippen LogP contribution in [-0.2, 0) is 20.9 Å². The average molecular weight is 287 g/mol. The Kier molecular flexibility index (Phi) is 3.81. The maximum atomic E-state index is 12.1. The lowest BCUT2D eigenvalue weighted by Gasteiger charge is -2.24. The van der Waals surface area contributed by atoms with Gasteiger partial charge >= 0.3 is 5.97 Å². The van der Waals surface area contributed by atoms with E-state index in [0.29, 0.717) is 0 Å². The number of benzene rings is 1. The molecular formula is C17H21NO3. The Balaban J connectivity index is 1.86. The van der Waals surface area contributed by atoms with Crippen molar-refractivity contribution in [2.75, 3.05) is 7.11 Å². The van der Waals surface area contributed by atoms with E-state index < -0.39 is 0 Å². The van der Waals surface area contributed by atoms with Crippen LogP contribution in [0.3, 0.4) is 0 Å². The first-order valence-corrected chi connectivity index (χ1v) is 7.51. The topological polar surface area (TPSA) is 46.6 Å². The molecule has 0 N–H and O–H groups in total. The zero-order chi connectivity index (χ0) is 15.0. The number of hydrogen-bond donors (Lipinski definition) is 0. The second-order valence-electron chi connectivity index (χ2n) is 6.06. The van der Waals surface area contributed by atoms with E-state index in [1.165, 1.54) is 12.7 Å². The fourth-order valence-corrected chi connectivity index (χ4v) is 4.16. The fourth-order valence-electron chi connectivity index (χ4n) is 4.16. The van der Waals surface area contributed by atoms with E-state index in [0.717, 1.165) is 19.4 Å². The Morgan fingerprint density at radius 1 is 1.14 bits per heavy atom. The summed E-state index contributed by atoms with van der Waals surface area (Å²) < 4.78 is 4.95. The van der Waals surface area contributed by atoms with Gasteiger partial charge in [-0.15, -0.1) is 0 Å². The highest BCUT2D eigenvalue weighted by Gasteiger charge is 2.57. The first-order valence-electron chi connectivity index (χ1n) is 7.51. The van der Waals surface area contributed by atoms with Crippen LogP contribution in [0.2, 0.25) is 0 Å². The van der Waals surface area contributed by atoms with Gasteiger partial charge in [0, 0.05) is 24.5 Å². The molecule has 0 amide bonds. The molecule has 4 nitrogen and oxygen atoms in total. The molecule has 3 rings (SSSR count). The fraction of sp³-hybridized carbons (Fsp3) is 0.529. The number of carbonyl (C=O) groups is 2. The summed E-state index contributed by atoms with van der Waals surface area (Å²) in [5.41, 5.74) is 1.22. The molecular weight excluding hydrogens is 266 g/mol. The van der Waals surface area contributed by atoms with Crippen LogP contribution in [0.4, 0.5) is 0 Å². The van der Waals surface area contributed by atoms with Crippen molar-refractivity contribution >= 4 is 11.8 Å². The molecule has 0 radical (unpaired) electrons. The van der Waals surface area contributed by atoms with E-state index >= 15 is 0 Å². The minimum Gasteiger partial charge on any atom is -0.469 e. The SMILES string of the molecule is COC(=O)[C@H]1[C@H](C(C)=O)[C@@H]2CC[C@H]1N2Cc1ccccc1. The number of fused-ring (bicyclic) bond motifs is 2. The van der Waals surface area contributed by atoms with Crippen LogP contribution in [0, 0.1) is 11.8 Å². The average Bonchev–Trinajstić information content (AvgIpc) is 3.02. The Labute approximate surface area is 125 Å². The molecule has 2 heterocycles. The lowest BCUT2D eigenvalue weighted by atomic mass is 9.77. The van der Waals surface area contributed by atoms with Gasteiger partial charge in [-0.1, -0.05) is 30.3 Å². The van der Waals surface area contributed by atoms with Gasteiger partial charge in [-0.05, 0) is 25.3 Å². The van der Waals surface area contributed by atoms with E-state index in [9.17, 15) is 9.59 Å². The highest BCUT2D eigenvalue weighted by Crippen LogP contribution is 2.47. The van der Waals surface area contributed by atoms with Gasteiger partial charge in [-0.2, -0.15) is 0 Å². The van der Waals surface area contributed by atoms with E-state index in [1.807, 2.05) is 18.2 Å². The number of nitrogens with zero attached hydrogens (tertiary/aromatic N) is 1. The highest BCUT2D eigenvalue weighted by atomic mass is 16.5. The lowest BCUT2D eigenvalue weighted by Crippen LogP contribution is -2.37. The molecule has 0 spiro atoms. The van der Waals surface area contributed by atoms with E-state index in [2.05, 4.69) is 17.0 Å². The molecule has 2 fully saturated rings. The summed E-state index contributed by atoms with van der Waals surface area (Å²) in [5, 5.41) is 0. The van der Waals surface area contributed by atoms with E-state index in [4.69, 9.17) is 4.74 Å². The number of Topliss-reactive ketones (excluding diaryl/α,β-unsaturated/α-hetero) is 1. The summed E-state index contributed by atoms with van der Waals surface area (Å²) in [7, 11) is 1.41. The van der Waals surface area contributed by atoms with Crippen LogP contribution in [0.15, 0.2) is 30.3 Å². The van der Waals surface area contributed by atoms with Crippen LogP contribution in [-0.4, -0.2) is 35.8 Å². The monoisotopic (exact) mass is 287 g/mol. The molecule has 1 aromatic rings. The van der Waals surface area contributed by atoms with Crippen molar-refractivity contribution < 1.29 is 14.3 Å². The highest BCUT2D eigenvalue weighted by molar-refractivity contribution is 5.87. The summed E-state index contributed by atoms with van der Waals surface area (Å²) in [5.74, 6) is -0.633. The van der Waals surface area contributed by atoms with Gasteiger partial charge in [-0.3, -0.25) is 14.5 Å². The first-order chi connectivity index (χ1) is 10.1. The molecule has 2 aliphatic rings. The zero-order valence-corrected chi connectivity index (χ0v) is 12.5. The van der Waals surface area contributed by atoms with Gasteiger partial charge < -0.3 is 4.74 Å². The summed E-state index contributed by atoms with van der Waals surface area (Å²) >= 11 is 0. The molecule has 4 heteroatoms. The molecule has 112 valence electrons. The number of rotatable bonds is 4. The molecule has 2 saturated heterocycles. The Morgan fingerprint density at radius 3 is 2.33 bits per heavy atom. The quantitative estimate of drug-likeness (QED) is 0.795. The van der Waals surface area contributed by atoms with Gasteiger partial charge in [0.25, 0.3) is 0 Å². The van der Waals surface area contributed by atoms with E-state index in [-0.39, 0.29) is 35.7 Å².